The first-order chi connectivity index (χ1) is 8.20. The van der Waals surface area contributed by atoms with Crippen molar-refractivity contribution in [3.63, 3.8) is 0 Å². The Labute approximate surface area is 105 Å². The molecule has 2 unspecified atom stereocenters. The normalized spacial score (nSPS) is 30.0. The first-order valence-electron chi connectivity index (χ1n) is 6.04. The molecule has 0 saturated carbocycles. The second kappa shape index (κ2) is 5.73. The number of nitrogens with zero attached hydrogens (tertiary/aromatic N) is 1. The first kappa shape index (κ1) is 12.7. The highest BCUT2D eigenvalue weighted by molar-refractivity contribution is 7.99. The predicted octanol–water partition coefficient (Wildman–Crippen LogP) is 0.505. The van der Waals surface area contributed by atoms with E-state index in [4.69, 9.17) is 0 Å². The average Bonchev–Trinajstić information content (AvgIpc) is 2.71. The van der Waals surface area contributed by atoms with Crippen molar-refractivity contribution in [2.24, 2.45) is 0 Å². The van der Waals surface area contributed by atoms with E-state index in [1.54, 1.807) is 16.7 Å². The van der Waals surface area contributed by atoms with Gasteiger partial charge in [-0.25, -0.2) is 4.79 Å². The van der Waals surface area contributed by atoms with Crippen LogP contribution in [0.25, 0.3) is 0 Å². The van der Waals surface area contributed by atoms with Crippen LogP contribution in [0.4, 0.5) is 0 Å². The molecule has 96 valence electrons. The highest BCUT2D eigenvalue weighted by Crippen LogP contribution is 2.20. The molecule has 2 N–H and O–H groups in total. The highest BCUT2D eigenvalue weighted by Gasteiger charge is 2.35. The maximum absolute atomic E-state index is 12.3. The molecule has 2 heterocycles. The van der Waals surface area contributed by atoms with E-state index in [1.807, 2.05) is 0 Å². The van der Waals surface area contributed by atoms with Gasteiger partial charge >= 0.3 is 5.97 Å². The Morgan fingerprint density at radius 2 is 2.12 bits per heavy atom. The van der Waals surface area contributed by atoms with Crippen molar-refractivity contribution in [2.75, 3.05) is 18.2 Å². The third-order valence-electron chi connectivity index (χ3n) is 3.34. The summed E-state index contributed by atoms with van der Waals surface area (Å²) in [6, 6.07) is -0.822. The van der Waals surface area contributed by atoms with Crippen LogP contribution in [0.15, 0.2) is 0 Å². The molecule has 1 amide bonds. The summed E-state index contributed by atoms with van der Waals surface area (Å²) in [5.74, 6) is 0.624. The molecule has 6 heteroatoms. The van der Waals surface area contributed by atoms with E-state index in [0.717, 1.165) is 30.9 Å². The van der Waals surface area contributed by atoms with Gasteiger partial charge in [-0.05, 0) is 12.8 Å². The van der Waals surface area contributed by atoms with E-state index >= 15 is 0 Å². The van der Waals surface area contributed by atoms with Gasteiger partial charge < -0.3 is 10.0 Å². The lowest BCUT2D eigenvalue weighted by atomic mass is 10.1. The minimum Gasteiger partial charge on any atom is -0.480 e. The Kier molecular flexibility index (Phi) is 4.28. The highest BCUT2D eigenvalue weighted by atomic mass is 32.2. The average molecular weight is 258 g/mol. The zero-order chi connectivity index (χ0) is 12.3. The van der Waals surface area contributed by atoms with Crippen LogP contribution in [0.3, 0.4) is 0 Å². The molecule has 2 rings (SSSR count). The Morgan fingerprint density at radius 1 is 1.29 bits per heavy atom. The summed E-state index contributed by atoms with van der Waals surface area (Å²) < 4.78 is 0. The SMILES string of the molecule is O=C(O)C1CCCCCN1C(=O)C1CSCN1. The van der Waals surface area contributed by atoms with Crippen LogP contribution in [-0.4, -0.2) is 52.1 Å². The molecule has 0 aromatic carbocycles. The van der Waals surface area contributed by atoms with Gasteiger partial charge in [-0.1, -0.05) is 12.8 Å². The van der Waals surface area contributed by atoms with E-state index in [9.17, 15) is 14.7 Å². The topological polar surface area (TPSA) is 69.6 Å². The quantitative estimate of drug-likeness (QED) is 0.755. The number of carboxylic acid groups (broad SMARTS) is 1. The second-order valence-corrected chi connectivity index (χ2v) is 5.54. The monoisotopic (exact) mass is 258 g/mol. The largest absolute Gasteiger partial charge is 0.480 e. The van der Waals surface area contributed by atoms with Gasteiger partial charge in [0.15, 0.2) is 0 Å². The van der Waals surface area contributed by atoms with Crippen LogP contribution in [0.1, 0.15) is 25.7 Å². The van der Waals surface area contributed by atoms with Crippen LogP contribution in [0.5, 0.6) is 0 Å². The second-order valence-electron chi connectivity index (χ2n) is 4.51. The third-order valence-corrected chi connectivity index (χ3v) is 4.28. The summed E-state index contributed by atoms with van der Waals surface area (Å²) in [5.41, 5.74) is 0. The van der Waals surface area contributed by atoms with E-state index in [1.165, 1.54) is 0 Å². The minimum atomic E-state index is -0.870. The van der Waals surface area contributed by atoms with Crippen molar-refractivity contribution in [2.45, 2.75) is 37.8 Å². The van der Waals surface area contributed by atoms with Gasteiger partial charge in [0, 0.05) is 18.2 Å². The van der Waals surface area contributed by atoms with Crippen molar-refractivity contribution < 1.29 is 14.7 Å². The molecule has 5 nitrogen and oxygen atoms in total. The van der Waals surface area contributed by atoms with Crippen LogP contribution in [0, 0.1) is 0 Å². The van der Waals surface area contributed by atoms with Gasteiger partial charge in [0.25, 0.3) is 0 Å². The number of aliphatic carboxylic acids is 1. The summed E-state index contributed by atoms with van der Waals surface area (Å²) in [6.07, 6.45) is 3.41. The Bertz CT molecular complexity index is 305. The molecule has 2 saturated heterocycles. The predicted molar refractivity (Wildman–Crippen MR) is 65.9 cm³/mol. The molecule has 0 aromatic rings. The van der Waals surface area contributed by atoms with Crippen molar-refractivity contribution >= 4 is 23.6 Å². The number of hydrogen-bond acceptors (Lipinski definition) is 4. The van der Waals surface area contributed by atoms with Crippen LogP contribution in [-0.2, 0) is 9.59 Å². The number of hydrogen-bond donors (Lipinski definition) is 2. The molecular weight excluding hydrogens is 240 g/mol. The molecule has 2 fully saturated rings. The number of carbonyl (C=O) groups excluding carboxylic acids is 1. The summed E-state index contributed by atoms with van der Waals surface area (Å²) in [7, 11) is 0. The number of likely N-dealkylation sites (tertiary alicyclic amines) is 1. The van der Waals surface area contributed by atoms with Gasteiger partial charge in [-0.15, -0.1) is 11.8 Å². The Balaban J connectivity index is 2.08. The number of thioether (sulfide) groups is 1. The molecule has 0 aliphatic carbocycles. The molecule has 0 aromatic heterocycles. The fraction of sp³-hybridized carbons (Fsp3) is 0.818. The first-order valence-corrected chi connectivity index (χ1v) is 7.20. The van der Waals surface area contributed by atoms with Gasteiger partial charge in [-0.3, -0.25) is 10.1 Å². The molecule has 17 heavy (non-hydrogen) atoms. The van der Waals surface area contributed by atoms with E-state index in [-0.39, 0.29) is 11.9 Å². The van der Waals surface area contributed by atoms with E-state index < -0.39 is 12.0 Å². The van der Waals surface area contributed by atoms with Gasteiger partial charge in [0.2, 0.25) is 5.91 Å². The van der Waals surface area contributed by atoms with Gasteiger partial charge in [-0.2, -0.15) is 0 Å². The van der Waals surface area contributed by atoms with E-state index in [0.29, 0.717) is 13.0 Å². The van der Waals surface area contributed by atoms with Crippen LogP contribution in [0.2, 0.25) is 0 Å². The third kappa shape index (κ3) is 2.93. The summed E-state index contributed by atoms with van der Waals surface area (Å²) in [6.45, 7) is 0.582. The zero-order valence-electron chi connectivity index (χ0n) is 9.72. The number of nitrogens with one attached hydrogen (secondary N) is 1. The lowest BCUT2D eigenvalue weighted by molar-refractivity contribution is -0.150. The standard InChI is InChI=1S/C11H18N2O3S/c14-10(8-6-17-7-12-8)13-5-3-1-2-4-9(13)11(15)16/h8-9,12H,1-7H2,(H,15,16). The molecule has 0 radical (unpaired) electrons. The zero-order valence-corrected chi connectivity index (χ0v) is 10.5. The Morgan fingerprint density at radius 3 is 2.76 bits per heavy atom. The fourth-order valence-electron chi connectivity index (χ4n) is 2.38. The maximum Gasteiger partial charge on any atom is 0.326 e. The number of carbonyl (C=O) groups is 2. The number of carboxylic acids is 1. The summed E-state index contributed by atoms with van der Waals surface area (Å²) >= 11 is 1.68. The lowest BCUT2D eigenvalue weighted by Gasteiger charge is -2.29. The Hall–Kier alpha value is -0.750. The molecule has 2 atom stereocenters. The van der Waals surface area contributed by atoms with Crippen molar-refractivity contribution in [3.05, 3.63) is 0 Å². The fourth-order valence-corrected chi connectivity index (χ4v) is 3.32. The van der Waals surface area contributed by atoms with Gasteiger partial charge in [0.05, 0.1) is 6.04 Å². The summed E-state index contributed by atoms with van der Waals surface area (Å²) in [4.78, 5) is 25.0. The molecule has 2 aliphatic heterocycles. The minimum absolute atomic E-state index is 0.0377. The molecular formula is C11H18N2O3S. The summed E-state index contributed by atoms with van der Waals surface area (Å²) in [5, 5.41) is 12.3. The van der Waals surface area contributed by atoms with E-state index in [2.05, 4.69) is 5.32 Å². The van der Waals surface area contributed by atoms with Crippen molar-refractivity contribution in [1.29, 1.82) is 0 Å². The van der Waals surface area contributed by atoms with Crippen molar-refractivity contribution in [3.8, 4) is 0 Å². The van der Waals surface area contributed by atoms with Crippen LogP contribution >= 0.6 is 11.8 Å². The van der Waals surface area contributed by atoms with Crippen LogP contribution < -0.4 is 5.32 Å². The molecule has 0 spiro atoms. The smallest absolute Gasteiger partial charge is 0.326 e. The van der Waals surface area contributed by atoms with Crippen molar-refractivity contribution in [1.82, 2.24) is 10.2 Å². The van der Waals surface area contributed by atoms with Gasteiger partial charge in [0.1, 0.15) is 6.04 Å². The number of rotatable bonds is 2. The molecule has 0 bridgehead atoms. The lowest BCUT2D eigenvalue weighted by Crippen LogP contribution is -2.51. The molecule has 2 aliphatic rings. The maximum atomic E-state index is 12.3. The number of amides is 1.